The number of hydrogen-bond donors (Lipinski definition) is 1. The summed E-state index contributed by atoms with van der Waals surface area (Å²) in [5.74, 6) is 0. The van der Waals surface area contributed by atoms with E-state index in [9.17, 15) is 0 Å². The Balaban J connectivity index is 1.91. The first-order valence-electron chi connectivity index (χ1n) is 4.19. The smallest absolute Gasteiger partial charge is 0.0527 e. The molecule has 2 saturated carbocycles. The van der Waals surface area contributed by atoms with Gasteiger partial charge in [0.25, 0.3) is 0 Å². The van der Waals surface area contributed by atoms with Gasteiger partial charge in [-0.05, 0) is 17.7 Å². The quantitative estimate of drug-likeness (QED) is 0.496. The molecule has 0 bridgehead atoms. The van der Waals surface area contributed by atoms with Crippen LogP contribution in [-0.4, -0.2) is 35.6 Å². The Kier molecular flexibility index (Phi) is 0.447. The third-order valence-electron chi connectivity index (χ3n) is 3.49. The number of nitrogens with zero attached hydrogens (tertiary/aromatic N) is 1. The van der Waals surface area contributed by atoms with Crippen LogP contribution >= 0.6 is 0 Å². The average Bonchev–Trinajstić information content (AvgIpc) is 2.77. The van der Waals surface area contributed by atoms with Gasteiger partial charge in [0, 0.05) is 0 Å². The fraction of sp³-hybridized carbons (Fsp3) is 0.750. The fourth-order valence-electron chi connectivity index (χ4n) is 3.06. The third kappa shape index (κ3) is 0.240. The van der Waals surface area contributed by atoms with E-state index in [1.807, 2.05) is 0 Å². The highest BCUT2D eigenvalue weighted by molar-refractivity contribution is 5.68. The SMILES string of the molecule is CCN1C2C3=C4C(NC32)C41. The maximum atomic E-state index is 3.61. The van der Waals surface area contributed by atoms with Gasteiger partial charge in [-0.1, -0.05) is 6.92 Å². The molecule has 2 aliphatic carbocycles. The Morgan fingerprint density at radius 1 is 1.30 bits per heavy atom. The van der Waals surface area contributed by atoms with Crippen molar-refractivity contribution in [2.45, 2.75) is 31.1 Å². The predicted molar refractivity (Wildman–Crippen MR) is 37.7 cm³/mol. The zero-order valence-corrected chi connectivity index (χ0v) is 5.96. The summed E-state index contributed by atoms with van der Waals surface area (Å²) < 4.78 is 0. The summed E-state index contributed by atoms with van der Waals surface area (Å²) in [4.78, 5) is 2.65. The molecular formula is C8H10N2. The molecule has 4 aliphatic rings. The van der Waals surface area contributed by atoms with Gasteiger partial charge in [-0.2, -0.15) is 0 Å². The monoisotopic (exact) mass is 134 g/mol. The molecule has 2 heterocycles. The second-order valence-corrected chi connectivity index (χ2v) is 3.75. The summed E-state index contributed by atoms with van der Waals surface area (Å²) in [5, 5.41) is 3.61. The van der Waals surface area contributed by atoms with Gasteiger partial charge < -0.3 is 5.32 Å². The Morgan fingerprint density at radius 2 is 1.90 bits per heavy atom. The maximum absolute atomic E-state index is 3.61. The lowest BCUT2D eigenvalue weighted by atomic mass is 10.4. The number of rotatable bonds is 1. The van der Waals surface area contributed by atoms with E-state index in [2.05, 4.69) is 17.1 Å². The topological polar surface area (TPSA) is 15.3 Å². The lowest BCUT2D eigenvalue weighted by molar-refractivity contribution is 0.236. The van der Waals surface area contributed by atoms with E-state index in [1.54, 1.807) is 11.1 Å². The van der Waals surface area contributed by atoms with Crippen LogP contribution in [-0.2, 0) is 0 Å². The molecule has 0 aromatic rings. The minimum absolute atomic E-state index is 0.810. The molecule has 10 heavy (non-hydrogen) atoms. The molecule has 0 spiro atoms. The number of likely N-dealkylation sites (N-methyl/N-ethyl adjacent to an activating group) is 1. The summed E-state index contributed by atoms with van der Waals surface area (Å²) in [5.41, 5.74) is 3.55. The van der Waals surface area contributed by atoms with Gasteiger partial charge in [-0.3, -0.25) is 4.90 Å². The third-order valence-corrected chi connectivity index (χ3v) is 3.49. The van der Waals surface area contributed by atoms with Crippen molar-refractivity contribution in [2.75, 3.05) is 6.54 Å². The summed E-state index contributed by atoms with van der Waals surface area (Å²) in [7, 11) is 0. The molecule has 52 valence electrons. The molecule has 2 aliphatic heterocycles. The first-order chi connectivity index (χ1) is 4.93. The standard InChI is InChI=1S/C8H10N2/c1-2-10-7-3-4-6(8(4)10)9-5(3)7/h5-9H,2H2,1H3. The summed E-state index contributed by atoms with van der Waals surface area (Å²) >= 11 is 0. The van der Waals surface area contributed by atoms with Gasteiger partial charge in [-0.15, -0.1) is 0 Å². The minimum Gasteiger partial charge on any atom is -0.300 e. The highest BCUT2D eigenvalue weighted by atomic mass is 15.4. The molecule has 0 saturated heterocycles. The Hall–Kier alpha value is -0.340. The highest BCUT2D eigenvalue weighted by Gasteiger charge is 2.74. The van der Waals surface area contributed by atoms with E-state index in [-0.39, 0.29) is 0 Å². The average molecular weight is 134 g/mol. The van der Waals surface area contributed by atoms with Gasteiger partial charge in [-0.25, -0.2) is 0 Å². The molecular weight excluding hydrogens is 124 g/mol. The largest absolute Gasteiger partial charge is 0.300 e. The molecule has 2 heteroatoms. The van der Waals surface area contributed by atoms with Crippen molar-refractivity contribution in [3.8, 4) is 0 Å². The van der Waals surface area contributed by atoms with E-state index in [0.29, 0.717) is 0 Å². The maximum Gasteiger partial charge on any atom is 0.0527 e. The number of fused-ring (bicyclic) bond motifs is 2. The molecule has 0 aromatic carbocycles. The van der Waals surface area contributed by atoms with Crippen LogP contribution < -0.4 is 5.32 Å². The van der Waals surface area contributed by atoms with Crippen LogP contribution in [0, 0.1) is 0 Å². The van der Waals surface area contributed by atoms with Gasteiger partial charge in [0.2, 0.25) is 0 Å². The Morgan fingerprint density at radius 3 is 2.20 bits per heavy atom. The summed E-state index contributed by atoms with van der Waals surface area (Å²) in [6.45, 7) is 3.52. The number of hydrogen-bond acceptors (Lipinski definition) is 2. The number of nitrogens with one attached hydrogen (secondary N) is 1. The second-order valence-electron chi connectivity index (χ2n) is 3.75. The van der Waals surface area contributed by atoms with Crippen molar-refractivity contribution in [2.24, 2.45) is 0 Å². The van der Waals surface area contributed by atoms with Crippen molar-refractivity contribution in [1.82, 2.24) is 10.2 Å². The van der Waals surface area contributed by atoms with E-state index >= 15 is 0 Å². The first kappa shape index (κ1) is 4.52. The van der Waals surface area contributed by atoms with Crippen LogP contribution in [0.25, 0.3) is 0 Å². The van der Waals surface area contributed by atoms with E-state index in [1.165, 1.54) is 6.54 Å². The lowest BCUT2D eigenvalue weighted by Gasteiger charge is -2.23. The van der Waals surface area contributed by atoms with Crippen LogP contribution in [0.3, 0.4) is 0 Å². The van der Waals surface area contributed by atoms with Gasteiger partial charge in [0.05, 0.1) is 24.2 Å². The molecule has 1 N–H and O–H groups in total. The van der Waals surface area contributed by atoms with Crippen molar-refractivity contribution >= 4 is 0 Å². The summed E-state index contributed by atoms with van der Waals surface area (Å²) in [6, 6.07) is 3.33. The van der Waals surface area contributed by atoms with Crippen molar-refractivity contribution in [3.63, 3.8) is 0 Å². The predicted octanol–water partition coefficient (Wildman–Crippen LogP) is -0.277. The number of piperazine rings is 1. The van der Waals surface area contributed by atoms with Crippen LogP contribution in [0.2, 0.25) is 0 Å². The second kappa shape index (κ2) is 0.990. The van der Waals surface area contributed by atoms with Gasteiger partial charge >= 0.3 is 0 Å². The minimum atomic E-state index is 0.810. The van der Waals surface area contributed by atoms with E-state index in [4.69, 9.17) is 0 Å². The van der Waals surface area contributed by atoms with E-state index in [0.717, 1.165) is 24.2 Å². The van der Waals surface area contributed by atoms with Crippen molar-refractivity contribution in [1.29, 1.82) is 0 Å². The molecule has 2 fully saturated rings. The lowest BCUT2D eigenvalue weighted by Crippen LogP contribution is -2.43. The first-order valence-corrected chi connectivity index (χ1v) is 4.19. The molecule has 4 unspecified atom stereocenters. The van der Waals surface area contributed by atoms with Crippen LogP contribution in [0.15, 0.2) is 11.1 Å². The molecule has 4 atom stereocenters. The molecule has 0 amide bonds. The van der Waals surface area contributed by atoms with Gasteiger partial charge in [0.1, 0.15) is 0 Å². The van der Waals surface area contributed by atoms with Crippen LogP contribution in [0.1, 0.15) is 6.92 Å². The highest BCUT2D eigenvalue weighted by Crippen LogP contribution is 2.63. The fourth-order valence-corrected chi connectivity index (χ4v) is 3.06. The molecule has 0 aromatic heterocycles. The van der Waals surface area contributed by atoms with E-state index < -0.39 is 0 Å². The van der Waals surface area contributed by atoms with Crippen molar-refractivity contribution < 1.29 is 0 Å². The normalized spacial score (nSPS) is 59.7. The Bertz CT molecular complexity index is 244. The Labute approximate surface area is 59.9 Å². The van der Waals surface area contributed by atoms with Crippen LogP contribution in [0.4, 0.5) is 0 Å². The molecule has 4 rings (SSSR count). The van der Waals surface area contributed by atoms with Crippen LogP contribution in [0.5, 0.6) is 0 Å². The molecule has 0 radical (unpaired) electrons. The zero-order valence-electron chi connectivity index (χ0n) is 5.96. The summed E-state index contributed by atoms with van der Waals surface area (Å²) in [6.07, 6.45) is 0. The zero-order chi connectivity index (χ0) is 6.46. The van der Waals surface area contributed by atoms with Crippen molar-refractivity contribution in [3.05, 3.63) is 11.1 Å². The molecule has 2 nitrogen and oxygen atoms in total. The van der Waals surface area contributed by atoms with Gasteiger partial charge in [0.15, 0.2) is 0 Å².